The predicted molar refractivity (Wildman–Crippen MR) is 91.3 cm³/mol. The molecule has 0 saturated carbocycles. The average molecular weight is 338 g/mol. The fraction of sp³-hybridized carbons (Fsp3) is 0.688. The van der Waals surface area contributed by atoms with Crippen molar-refractivity contribution in [1.82, 2.24) is 20.1 Å². The first-order valence-electron chi connectivity index (χ1n) is 8.15. The van der Waals surface area contributed by atoms with E-state index in [0.717, 1.165) is 30.0 Å². The molecular formula is C16H26N4O2S. The fourth-order valence-electron chi connectivity index (χ4n) is 2.64. The topological polar surface area (TPSA) is 65.5 Å². The van der Waals surface area contributed by atoms with Crippen LogP contribution in [-0.2, 0) is 17.8 Å². The maximum Gasteiger partial charge on any atom is 0.317 e. The number of carbonyl (C=O) groups is 2. The van der Waals surface area contributed by atoms with Crippen LogP contribution in [0.15, 0.2) is 5.38 Å². The molecule has 2 heterocycles. The van der Waals surface area contributed by atoms with Gasteiger partial charge in [0.1, 0.15) is 0 Å². The van der Waals surface area contributed by atoms with E-state index in [4.69, 9.17) is 0 Å². The number of hydrogen-bond acceptors (Lipinski definition) is 4. The zero-order chi connectivity index (χ0) is 16.8. The molecule has 1 aromatic rings. The van der Waals surface area contributed by atoms with E-state index in [0.29, 0.717) is 32.0 Å². The summed E-state index contributed by atoms with van der Waals surface area (Å²) >= 11 is 1.63. The molecule has 7 heteroatoms. The number of urea groups is 1. The Morgan fingerprint density at radius 3 is 2.65 bits per heavy atom. The van der Waals surface area contributed by atoms with Crippen LogP contribution in [0.3, 0.4) is 0 Å². The normalized spacial score (nSPS) is 15.5. The van der Waals surface area contributed by atoms with Gasteiger partial charge in [0.05, 0.1) is 17.2 Å². The molecule has 2 rings (SSSR count). The summed E-state index contributed by atoms with van der Waals surface area (Å²) in [5, 5.41) is 6.03. The second-order valence-electron chi connectivity index (χ2n) is 6.17. The highest BCUT2D eigenvalue weighted by Crippen LogP contribution is 2.21. The second kappa shape index (κ2) is 8.29. The van der Waals surface area contributed by atoms with Crippen LogP contribution in [0.25, 0.3) is 0 Å². The van der Waals surface area contributed by atoms with E-state index in [1.54, 1.807) is 30.3 Å². The van der Waals surface area contributed by atoms with Gasteiger partial charge in [-0.05, 0) is 25.2 Å². The van der Waals surface area contributed by atoms with Gasteiger partial charge in [-0.2, -0.15) is 0 Å². The smallest absolute Gasteiger partial charge is 0.317 e. The van der Waals surface area contributed by atoms with Gasteiger partial charge in [-0.1, -0.05) is 6.92 Å². The van der Waals surface area contributed by atoms with Gasteiger partial charge in [0, 0.05) is 39.0 Å². The van der Waals surface area contributed by atoms with Crippen molar-refractivity contribution in [2.75, 3.05) is 27.2 Å². The van der Waals surface area contributed by atoms with Gasteiger partial charge in [-0.15, -0.1) is 11.3 Å². The lowest BCUT2D eigenvalue weighted by atomic mass is 9.93. The molecule has 1 fully saturated rings. The van der Waals surface area contributed by atoms with Gasteiger partial charge in [-0.25, -0.2) is 9.78 Å². The first kappa shape index (κ1) is 17.7. The Morgan fingerprint density at radius 1 is 1.39 bits per heavy atom. The summed E-state index contributed by atoms with van der Waals surface area (Å²) < 4.78 is 0. The van der Waals surface area contributed by atoms with E-state index in [2.05, 4.69) is 17.2 Å². The Bertz CT molecular complexity index is 536. The number of piperidine rings is 1. The lowest BCUT2D eigenvalue weighted by Gasteiger charge is -2.32. The third kappa shape index (κ3) is 5.20. The van der Waals surface area contributed by atoms with Crippen molar-refractivity contribution in [2.45, 2.75) is 39.2 Å². The van der Waals surface area contributed by atoms with Crippen LogP contribution in [0.2, 0.25) is 0 Å². The first-order chi connectivity index (χ1) is 11.0. The van der Waals surface area contributed by atoms with Crippen LogP contribution >= 0.6 is 11.3 Å². The van der Waals surface area contributed by atoms with Crippen LogP contribution in [-0.4, -0.2) is 53.9 Å². The molecule has 0 unspecified atom stereocenters. The highest BCUT2D eigenvalue weighted by molar-refractivity contribution is 7.09. The van der Waals surface area contributed by atoms with Crippen molar-refractivity contribution in [1.29, 1.82) is 0 Å². The molecular weight excluding hydrogens is 312 g/mol. The Morgan fingerprint density at radius 2 is 2.09 bits per heavy atom. The number of rotatable bonds is 5. The molecule has 1 saturated heterocycles. The molecule has 3 amide bonds. The zero-order valence-electron chi connectivity index (χ0n) is 14.2. The number of aromatic nitrogens is 1. The van der Waals surface area contributed by atoms with Crippen molar-refractivity contribution >= 4 is 23.3 Å². The van der Waals surface area contributed by atoms with Gasteiger partial charge in [0.2, 0.25) is 5.91 Å². The average Bonchev–Trinajstić information content (AvgIpc) is 3.01. The molecule has 6 nitrogen and oxygen atoms in total. The van der Waals surface area contributed by atoms with Crippen LogP contribution in [0.5, 0.6) is 0 Å². The summed E-state index contributed by atoms with van der Waals surface area (Å²) in [7, 11) is 3.57. The molecule has 0 aliphatic carbocycles. The third-order valence-electron chi connectivity index (χ3n) is 4.19. The van der Waals surface area contributed by atoms with Crippen molar-refractivity contribution < 1.29 is 9.59 Å². The lowest BCUT2D eigenvalue weighted by molar-refractivity contribution is -0.129. The molecule has 1 aliphatic rings. The van der Waals surface area contributed by atoms with E-state index >= 15 is 0 Å². The van der Waals surface area contributed by atoms with Gasteiger partial charge in [0.15, 0.2) is 0 Å². The fourth-order valence-corrected chi connectivity index (χ4v) is 3.38. The summed E-state index contributed by atoms with van der Waals surface area (Å²) in [6.07, 6.45) is 3.30. The van der Waals surface area contributed by atoms with Crippen molar-refractivity contribution in [3.8, 4) is 0 Å². The maximum absolute atomic E-state index is 12.2. The second-order valence-corrected chi connectivity index (χ2v) is 7.11. The number of carbonyl (C=O) groups excluding carboxylic acids is 2. The minimum Gasteiger partial charge on any atom is -0.349 e. The van der Waals surface area contributed by atoms with E-state index in [-0.39, 0.29) is 11.9 Å². The summed E-state index contributed by atoms with van der Waals surface area (Å²) in [4.78, 5) is 31.9. The molecule has 128 valence electrons. The number of hydrogen-bond donors (Lipinski definition) is 1. The molecule has 0 spiro atoms. The molecule has 1 N–H and O–H groups in total. The summed E-state index contributed by atoms with van der Waals surface area (Å²) in [6, 6.07) is -0.0339. The van der Waals surface area contributed by atoms with E-state index in [1.165, 1.54) is 0 Å². The lowest BCUT2D eigenvalue weighted by Crippen LogP contribution is -2.44. The predicted octanol–water partition coefficient (Wildman–Crippen LogP) is 2.11. The van der Waals surface area contributed by atoms with Crippen molar-refractivity contribution in [3.63, 3.8) is 0 Å². The van der Waals surface area contributed by atoms with Crippen LogP contribution in [0.1, 0.15) is 36.9 Å². The van der Waals surface area contributed by atoms with Crippen molar-refractivity contribution in [3.05, 3.63) is 16.1 Å². The Balaban J connectivity index is 1.72. The monoisotopic (exact) mass is 338 g/mol. The summed E-state index contributed by atoms with van der Waals surface area (Å²) in [5.41, 5.74) is 0.923. The summed E-state index contributed by atoms with van der Waals surface area (Å²) in [6.45, 7) is 3.99. The van der Waals surface area contributed by atoms with Gasteiger partial charge < -0.3 is 15.1 Å². The quantitative estimate of drug-likeness (QED) is 0.894. The Labute approximate surface area is 141 Å². The van der Waals surface area contributed by atoms with Crippen molar-refractivity contribution in [2.24, 2.45) is 5.92 Å². The van der Waals surface area contributed by atoms with Gasteiger partial charge in [0.25, 0.3) is 0 Å². The maximum atomic E-state index is 12.2. The first-order valence-corrected chi connectivity index (χ1v) is 9.03. The number of aryl methyl sites for hydroxylation is 1. The molecule has 0 aromatic carbocycles. The highest BCUT2D eigenvalue weighted by atomic mass is 32.1. The molecule has 1 aromatic heterocycles. The Hall–Kier alpha value is -1.63. The summed E-state index contributed by atoms with van der Waals surface area (Å²) in [5.74, 6) is 0.558. The number of thiazole rings is 1. The largest absolute Gasteiger partial charge is 0.349 e. The van der Waals surface area contributed by atoms with Crippen LogP contribution < -0.4 is 5.32 Å². The van der Waals surface area contributed by atoms with E-state index in [9.17, 15) is 9.59 Å². The standard InChI is InChI=1S/C16H26N4O2S/c1-4-14-18-13(11-23-14)10-17-16(22)20-7-5-12(6-8-20)9-15(21)19(2)3/h11-12H,4-10H2,1-3H3,(H,17,22). The number of nitrogens with one attached hydrogen (secondary N) is 1. The molecule has 0 atom stereocenters. The third-order valence-corrected chi connectivity index (χ3v) is 5.23. The van der Waals surface area contributed by atoms with Crippen LogP contribution in [0.4, 0.5) is 4.79 Å². The SMILES string of the molecule is CCc1nc(CNC(=O)N2CCC(CC(=O)N(C)C)CC2)cs1. The van der Waals surface area contributed by atoms with E-state index in [1.807, 2.05) is 10.3 Å². The van der Waals surface area contributed by atoms with Crippen LogP contribution in [0, 0.1) is 5.92 Å². The molecule has 0 radical (unpaired) electrons. The Kier molecular flexibility index (Phi) is 6.38. The molecule has 1 aliphatic heterocycles. The number of likely N-dealkylation sites (tertiary alicyclic amines) is 1. The number of amides is 3. The van der Waals surface area contributed by atoms with Gasteiger partial charge >= 0.3 is 6.03 Å². The van der Waals surface area contributed by atoms with Gasteiger partial charge in [-0.3, -0.25) is 4.79 Å². The minimum absolute atomic E-state index is 0.0339. The molecule has 0 bridgehead atoms. The number of nitrogens with zero attached hydrogens (tertiary/aromatic N) is 3. The minimum atomic E-state index is -0.0339. The zero-order valence-corrected chi connectivity index (χ0v) is 15.0. The van der Waals surface area contributed by atoms with E-state index < -0.39 is 0 Å². The molecule has 23 heavy (non-hydrogen) atoms. The highest BCUT2D eigenvalue weighted by Gasteiger charge is 2.24.